The topological polar surface area (TPSA) is 47.9 Å². The molecule has 0 aliphatic heterocycles. The van der Waals surface area contributed by atoms with Crippen LogP contribution >= 0.6 is 11.6 Å². The monoisotopic (exact) mass is 257 g/mol. The molecule has 0 saturated heterocycles. The molecular weight excluding hydrogens is 250 g/mol. The number of hydrogen-bond donors (Lipinski definition) is 0. The molecule has 0 aliphatic rings. The number of halogens is 1. The highest BCUT2D eigenvalue weighted by atomic mass is 35.5. The standard InChI is InChI=1S/C13H8ClN3O/c14-12-7-15-8-13(17-12)18-10-4-3-9-2-1-5-16-11(9)6-10/h1-8H. The maximum absolute atomic E-state index is 5.74. The quantitative estimate of drug-likeness (QED) is 0.705. The predicted octanol–water partition coefficient (Wildman–Crippen LogP) is 3.47. The van der Waals surface area contributed by atoms with Gasteiger partial charge in [-0.05, 0) is 18.2 Å². The fraction of sp³-hybridized carbons (Fsp3) is 0. The fourth-order valence-electron chi connectivity index (χ4n) is 1.61. The van der Waals surface area contributed by atoms with Gasteiger partial charge in [0.2, 0.25) is 5.88 Å². The molecular formula is C13H8ClN3O. The lowest BCUT2D eigenvalue weighted by atomic mass is 10.2. The average Bonchev–Trinajstić information content (AvgIpc) is 2.39. The second-order valence-corrected chi connectivity index (χ2v) is 4.03. The van der Waals surface area contributed by atoms with E-state index < -0.39 is 0 Å². The lowest BCUT2D eigenvalue weighted by Gasteiger charge is -2.05. The zero-order chi connectivity index (χ0) is 12.4. The van der Waals surface area contributed by atoms with Crippen LogP contribution in [0.25, 0.3) is 10.9 Å². The molecule has 3 aromatic rings. The summed E-state index contributed by atoms with van der Waals surface area (Å²) in [5.74, 6) is 1.01. The Balaban J connectivity index is 1.95. The summed E-state index contributed by atoms with van der Waals surface area (Å²) >= 11 is 5.74. The highest BCUT2D eigenvalue weighted by Crippen LogP contribution is 2.23. The Labute approximate surface area is 108 Å². The Morgan fingerprint density at radius 2 is 2.06 bits per heavy atom. The number of rotatable bonds is 2. The van der Waals surface area contributed by atoms with Crippen LogP contribution in [0.15, 0.2) is 48.9 Å². The molecule has 0 fully saturated rings. The number of hydrogen-bond acceptors (Lipinski definition) is 4. The minimum Gasteiger partial charge on any atom is -0.437 e. The van der Waals surface area contributed by atoms with E-state index >= 15 is 0 Å². The van der Waals surface area contributed by atoms with E-state index in [-0.39, 0.29) is 0 Å². The SMILES string of the molecule is Clc1cncc(Oc2ccc3cccnc3c2)n1. The molecule has 3 rings (SSSR count). The molecule has 2 heterocycles. The van der Waals surface area contributed by atoms with Crippen molar-refractivity contribution in [2.24, 2.45) is 0 Å². The largest absolute Gasteiger partial charge is 0.437 e. The Morgan fingerprint density at radius 3 is 2.94 bits per heavy atom. The second-order valence-electron chi connectivity index (χ2n) is 3.64. The molecule has 0 amide bonds. The van der Waals surface area contributed by atoms with Crippen molar-refractivity contribution in [2.75, 3.05) is 0 Å². The summed E-state index contributed by atoms with van der Waals surface area (Å²) in [6, 6.07) is 9.52. The highest BCUT2D eigenvalue weighted by molar-refractivity contribution is 6.29. The van der Waals surface area contributed by atoms with E-state index in [2.05, 4.69) is 15.0 Å². The first kappa shape index (κ1) is 10.9. The maximum atomic E-state index is 5.74. The van der Waals surface area contributed by atoms with Crippen LogP contribution in [-0.4, -0.2) is 15.0 Å². The van der Waals surface area contributed by atoms with Gasteiger partial charge in [-0.1, -0.05) is 17.7 Å². The number of nitrogens with zero attached hydrogens (tertiary/aromatic N) is 3. The van der Waals surface area contributed by atoms with E-state index in [4.69, 9.17) is 16.3 Å². The fourth-order valence-corrected chi connectivity index (χ4v) is 1.74. The van der Waals surface area contributed by atoms with Crippen molar-refractivity contribution >= 4 is 22.5 Å². The number of aromatic nitrogens is 3. The van der Waals surface area contributed by atoms with Crippen LogP contribution in [0.3, 0.4) is 0 Å². The Hall–Kier alpha value is -2.20. The van der Waals surface area contributed by atoms with Gasteiger partial charge in [-0.2, -0.15) is 4.98 Å². The van der Waals surface area contributed by atoms with Crippen molar-refractivity contribution in [3.8, 4) is 11.6 Å². The molecule has 1 aromatic carbocycles. The Morgan fingerprint density at radius 1 is 1.11 bits per heavy atom. The lowest BCUT2D eigenvalue weighted by Crippen LogP contribution is -1.89. The number of benzene rings is 1. The molecule has 5 heteroatoms. The van der Waals surface area contributed by atoms with Gasteiger partial charge in [-0.3, -0.25) is 9.97 Å². The summed E-state index contributed by atoms with van der Waals surface area (Å²) in [6.07, 6.45) is 4.70. The average molecular weight is 258 g/mol. The van der Waals surface area contributed by atoms with E-state index in [0.717, 1.165) is 10.9 Å². The maximum Gasteiger partial charge on any atom is 0.239 e. The molecule has 0 radical (unpaired) electrons. The summed E-state index contributed by atoms with van der Waals surface area (Å²) in [5.41, 5.74) is 0.866. The van der Waals surface area contributed by atoms with Gasteiger partial charge in [-0.15, -0.1) is 0 Å². The minimum atomic E-state index is 0.298. The normalized spacial score (nSPS) is 10.5. The summed E-state index contributed by atoms with van der Waals surface area (Å²) in [5, 5.41) is 1.36. The molecule has 88 valence electrons. The molecule has 0 saturated carbocycles. The third kappa shape index (κ3) is 2.24. The van der Waals surface area contributed by atoms with E-state index in [0.29, 0.717) is 16.8 Å². The van der Waals surface area contributed by atoms with Gasteiger partial charge in [0.15, 0.2) is 5.15 Å². The summed E-state index contributed by atoms with van der Waals surface area (Å²) in [6.45, 7) is 0. The van der Waals surface area contributed by atoms with Crippen molar-refractivity contribution < 1.29 is 4.74 Å². The van der Waals surface area contributed by atoms with Gasteiger partial charge in [-0.25, -0.2) is 0 Å². The van der Waals surface area contributed by atoms with Crippen LogP contribution in [-0.2, 0) is 0 Å². The molecule has 18 heavy (non-hydrogen) atoms. The van der Waals surface area contributed by atoms with Crippen molar-refractivity contribution in [1.82, 2.24) is 15.0 Å². The van der Waals surface area contributed by atoms with Crippen molar-refractivity contribution in [2.45, 2.75) is 0 Å². The highest BCUT2D eigenvalue weighted by Gasteiger charge is 2.02. The Bertz CT molecular complexity index is 702. The van der Waals surface area contributed by atoms with Crippen LogP contribution in [0.4, 0.5) is 0 Å². The van der Waals surface area contributed by atoms with Gasteiger partial charge < -0.3 is 4.74 Å². The van der Waals surface area contributed by atoms with Gasteiger partial charge in [0.05, 0.1) is 17.9 Å². The number of fused-ring (bicyclic) bond motifs is 1. The lowest BCUT2D eigenvalue weighted by molar-refractivity contribution is 0.461. The van der Waals surface area contributed by atoms with Crippen LogP contribution in [0.1, 0.15) is 0 Å². The van der Waals surface area contributed by atoms with Gasteiger partial charge in [0.25, 0.3) is 0 Å². The molecule has 2 aromatic heterocycles. The Kier molecular flexibility index (Phi) is 2.78. The van der Waals surface area contributed by atoms with Crippen LogP contribution in [0.5, 0.6) is 11.6 Å². The van der Waals surface area contributed by atoms with E-state index in [1.165, 1.54) is 12.4 Å². The first-order chi connectivity index (χ1) is 8.81. The van der Waals surface area contributed by atoms with Crippen LogP contribution in [0.2, 0.25) is 5.15 Å². The third-order valence-electron chi connectivity index (χ3n) is 2.38. The van der Waals surface area contributed by atoms with Crippen LogP contribution < -0.4 is 4.74 Å². The molecule has 4 nitrogen and oxygen atoms in total. The summed E-state index contributed by atoms with van der Waals surface area (Å²) in [4.78, 5) is 12.2. The molecule has 0 N–H and O–H groups in total. The van der Waals surface area contributed by atoms with Gasteiger partial charge in [0.1, 0.15) is 5.75 Å². The second kappa shape index (κ2) is 4.58. The number of ether oxygens (including phenoxy) is 1. The van der Waals surface area contributed by atoms with E-state index in [1.807, 2.05) is 30.3 Å². The smallest absolute Gasteiger partial charge is 0.239 e. The van der Waals surface area contributed by atoms with Crippen LogP contribution in [0, 0.1) is 0 Å². The van der Waals surface area contributed by atoms with E-state index in [1.54, 1.807) is 6.20 Å². The van der Waals surface area contributed by atoms with Crippen molar-refractivity contribution in [1.29, 1.82) is 0 Å². The zero-order valence-corrected chi connectivity index (χ0v) is 10.0. The first-order valence-electron chi connectivity index (χ1n) is 5.31. The first-order valence-corrected chi connectivity index (χ1v) is 5.69. The minimum absolute atomic E-state index is 0.298. The third-order valence-corrected chi connectivity index (χ3v) is 2.56. The van der Waals surface area contributed by atoms with E-state index in [9.17, 15) is 0 Å². The zero-order valence-electron chi connectivity index (χ0n) is 9.25. The van der Waals surface area contributed by atoms with Gasteiger partial charge in [0, 0.05) is 17.6 Å². The molecule has 0 atom stereocenters. The summed E-state index contributed by atoms with van der Waals surface area (Å²) in [7, 11) is 0. The van der Waals surface area contributed by atoms with Crippen molar-refractivity contribution in [3.63, 3.8) is 0 Å². The predicted molar refractivity (Wildman–Crippen MR) is 68.9 cm³/mol. The molecule has 0 unspecified atom stereocenters. The van der Waals surface area contributed by atoms with Crippen molar-refractivity contribution in [3.05, 3.63) is 54.1 Å². The van der Waals surface area contributed by atoms with Gasteiger partial charge >= 0.3 is 0 Å². The number of pyridine rings is 1. The molecule has 0 bridgehead atoms. The summed E-state index contributed by atoms with van der Waals surface area (Å²) < 4.78 is 5.57. The molecule has 0 aliphatic carbocycles. The molecule has 0 spiro atoms.